The van der Waals surface area contributed by atoms with Crippen LogP contribution in [0.4, 0.5) is 4.39 Å². The Hall–Kier alpha value is -1.95. The topological polar surface area (TPSA) is 84.2 Å². The Kier molecular flexibility index (Phi) is 5.79. The summed E-state index contributed by atoms with van der Waals surface area (Å²) >= 11 is 0. The summed E-state index contributed by atoms with van der Waals surface area (Å²) in [7, 11) is 0. The summed E-state index contributed by atoms with van der Waals surface area (Å²) in [6.07, 6.45) is 0.610. The fourth-order valence-electron chi connectivity index (χ4n) is 1.29. The Morgan fingerprint density at radius 2 is 1.72 bits per heavy atom. The third kappa shape index (κ3) is 4.92. The summed E-state index contributed by atoms with van der Waals surface area (Å²) in [6.45, 7) is 0.850. The molecular weight excluding hydrogens is 237 g/mol. The molecule has 0 radical (unpaired) electrons. The smallest absolute Gasteiger partial charge is 0.251 e. The molecule has 0 unspecified atom stereocenters. The van der Waals surface area contributed by atoms with Gasteiger partial charge in [0.15, 0.2) is 0 Å². The van der Waals surface area contributed by atoms with E-state index in [1.807, 2.05) is 0 Å². The number of carbonyl (C=O) groups excluding carboxylic acids is 2. The van der Waals surface area contributed by atoms with Crippen molar-refractivity contribution in [2.45, 2.75) is 6.42 Å². The number of nitrogens with one attached hydrogen (secondary N) is 2. The van der Waals surface area contributed by atoms with Crippen LogP contribution < -0.4 is 16.4 Å². The summed E-state index contributed by atoms with van der Waals surface area (Å²) in [6, 6.07) is 5.30. The Morgan fingerprint density at radius 1 is 1.11 bits per heavy atom. The van der Waals surface area contributed by atoms with Gasteiger partial charge in [-0.15, -0.1) is 0 Å². The summed E-state index contributed by atoms with van der Waals surface area (Å²) in [5, 5.41) is 5.25. The molecule has 0 saturated carbocycles. The van der Waals surface area contributed by atoms with Gasteiger partial charge in [-0.1, -0.05) is 0 Å². The highest BCUT2D eigenvalue weighted by Crippen LogP contribution is 2.02. The van der Waals surface area contributed by atoms with Crippen LogP contribution in [0.3, 0.4) is 0 Å². The van der Waals surface area contributed by atoms with Crippen LogP contribution in [0, 0.1) is 5.82 Å². The fraction of sp³-hybridized carbons (Fsp3) is 0.333. The molecule has 1 aromatic carbocycles. The van der Waals surface area contributed by atoms with E-state index in [4.69, 9.17) is 5.73 Å². The van der Waals surface area contributed by atoms with Crippen molar-refractivity contribution in [3.8, 4) is 0 Å². The normalized spacial score (nSPS) is 9.89. The predicted octanol–water partition coefficient (Wildman–Crippen LogP) is 0.0205. The monoisotopic (exact) mass is 253 g/mol. The van der Waals surface area contributed by atoms with Crippen LogP contribution >= 0.6 is 0 Å². The zero-order valence-electron chi connectivity index (χ0n) is 9.91. The van der Waals surface area contributed by atoms with Crippen molar-refractivity contribution in [2.24, 2.45) is 5.73 Å². The molecule has 2 amide bonds. The molecule has 98 valence electrons. The maximum atomic E-state index is 12.6. The highest BCUT2D eigenvalue weighted by molar-refractivity contribution is 5.94. The van der Waals surface area contributed by atoms with Crippen LogP contribution in [0.2, 0.25) is 0 Å². The second-order valence-corrected chi connectivity index (χ2v) is 3.67. The standard InChI is InChI=1S/C12H16FN3O2/c13-10-4-2-9(3-5-10)12(18)16-7-1-6-15-11(17)8-14/h2-5H,1,6-8,14H2,(H,15,17)(H,16,18). The van der Waals surface area contributed by atoms with Gasteiger partial charge in [-0.05, 0) is 30.7 Å². The van der Waals surface area contributed by atoms with E-state index < -0.39 is 0 Å². The lowest BCUT2D eigenvalue weighted by Gasteiger charge is -2.06. The molecule has 0 heterocycles. The Bertz CT molecular complexity index is 406. The van der Waals surface area contributed by atoms with Crippen LogP contribution in [0.1, 0.15) is 16.8 Å². The van der Waals surface area contributed by atoms with Crippen molar-refractivity contribution in [3.63, 3.8) is 0 Å². The highest BCUT2D eigenvalue weighted by Gasteiger charge is 2.04. The minimum Gasteiger partial charge on any atom is -0.355 e. The molecule has 4 N–H and O–H groups in total. The molecule has 1 aromatic rings. The van der Waals surface area contributed by atoms with E-state index in [0.29, 0.717) is 25.1 Å². The lowest BCUT2D eigenvalue weighted by Crippen LogP contribution is -2.33. The van der Waals surface area contributed by atoms with E-state index in [2.05, 4.69) is 10.6 Å². The molecule has 0 aliphatic carbocycles. The van der Waals surface area contributed by atoms with E-state index in [1.54, 1.807) is 0 Å². The van der Waals surface area contributed by atoms with Crippen molar-refractivity contribution in [2.75, 3.05) is 19.6 Å². The van der Waals surface area contributed by atoms with Crippen molar-refractivity contribution in [1.29, 1.82) is 0 Å². The molecule has 0 aliphatic rings. The third-order valence-electron chi connectivity index (χ3n) is 2.25. The number of halogens is 1. The lowest BCUT2D eigenvalue weighted by atomic mass is 10.2. The van der Waals surface area contributed by atoms with Gasteiger partial charge in [-0.25, -0.2) is 4.39 Å². The molecule has 1 rings (SSSR count). The first-order chi connectivity index (χ1) is 8.63. The van der Waals surface area contributed by atoms with Crippen LogP contribution in [-0.4, -0.2) is 31.4 Å². The molecule has 0 atom stereocenters. The molecule has 6 heteroatoms. The first kappa shape index (κ1) is 14.1. The molecule has 5 nitrogen and oxygen atoms in total. The van der Waals surface area contributed by atoms with E-state index in [1.165, 1.54) is 24.3 Å². The number of carbonyl (C=O) groups is 2. The van der Waals surface area contributed by atoms with Gasteiger partial charge in [0.1, 0.15) is 5.82 Å². The van der Waals surface area contributed by atoms with Gasteiger partial charge >= 0.3 is 0 Å². The third-order valence-corrected chi connectivity index (χ3v) is 2.25. The van der Waals surface area contributed by atoms with E-state index in [-0.39, 0.29) is 24.2 Å². The summed E-state index contributed by atoms with van der Waals surface area (Å²) in [4.78, 5) is 22.4. The maximum Gasteiger partial charge on any atom is 0.251 e. The van der Waals surface area contributed by atoms with Gasteiger partial charge in [-0.2, -0.15) is 0 Å². The van der Waals surface area contributed by atoms with Crippen molar-refractivity contribution in [1.82, 2.24) is 10.6 Å². The first-order valence-corrected chi connectivity index (χ1v) is 5.64. The largest absolute Gasteiger partial charge is 0.355 e. The van der Waals surface area contributed by atoms with Gasteiger partial charge in [0.25, 0.3) is 5.91 Å². The number of amides is 2. The van der Waals surface area contributed by atoms with Gasteiger partial charge in [-0.3, -0.25) is 9.59 Å². The maximum absolute atomic E-state index is 12.6. The number of benzene rings is 1. The molecule has 0 bridgehead atoms. The minimum absolute atomic E-state index is 0.0397. The summed E-state index contributed by atoms with van der Waals surface area (Å²) in [5.74, 6) is -0.865. The minimum atomic E-state index is -0.379. The zero-order valence-corrected chi connectivity index (χ0v) is 9.91. The van der Waals surface area contributed by atoms with Crippen molar-refractivity contribution >= 4 is 11.8 Å². The number of rotatable bonds is 6. The van der Waals surface area contributed by atoms with Gasteiger partial charge in [0.2, 0.25) is 5.91 Å². The average Bonchev–Trinajstić information content (AvgIpc) is 2.38. The lowest BCUT2D eigenvalue weighted by molar-refractivity contribution is -0.119. The van der Waals surface area contributed by atoms with Gasteiger partial charge in [0, 0.05) is 18.7 Å². The Balaban J connectivity index is 2.21. The Labute approximate surface area is 105 Å². The van der Waals surface area contributed by atoms with E-state index >= 15 is 0 Å². The highest BCUT2D eigenvalue weighted by atomic mass is 19.1. The average molecular weight is 253 g/mol. The first-order valence-electron chi connectivity index (χ1n) is 5.64. The summed E-state index contributed by atoms with van der Waals surface area (Å²) in [5.41, 5.74) is 5.52. The van der Waals surface area contributed by atoms with Crippen LogP contribution in [0.25, 0.3) is 0 Å². The SMILES string of the molecule is NCC(=O)NCCCNC(=O)c1ccc(F)cc1. The zero-order chi connectivity index (χ0) is 13.4. The molecule has 0 aliphatic heterocycles. The molecule has 0 aromatic heterocycles. The van der Waals surface area contributed by atoms with Crippen LogP contribution in [0.15, 0.2) is 24.3 Å². The van der Waals surface area contributed by atoms with Gasteiger partial charge < -0.3 is 16.4 Å². The van der Waals surface area contributed by atoms with Crippen molar-refractivity contribution < 1.29 is 14.0 Å². The molecule has 18 heavy (non-hydrogen) atoms. The second kappa shape index (κ2) is 7.39. The number of hydrogen-bond donors (Lipinski definition) is 3. The quantitative estimate of drug-likeness (QED) is 0.625. The fourth-order valence-corrected chi connectivity index (χ4v) is 1.29. The van der Waals surface area contributed by atoms with E-state index in [9.17, 15) is 14.0 Å². The Morgan fingerprint density at radius 3 is 2.33 bits per heavy atom. The predicted molar refractivity (Wildman–Crippen MR) is 65.4 cm³/mol. The number of nitrogens with two attached hydrogens (primary N) is 1. The summed E-state index contributed by atoms with van der Waals surface area (Å²) < 4.78 is 12.6. The molecular formula is C12H16FN3O2. The van der Waals surface area contributed by atoms with Crippen LogP contribution in [0.5, 0.6) is 0 Å². The van der Waals surface area contributed by atoms with Crippen LogP contribution in [-0.2, 0) is 4.79 Å². The van der Waals surface area contributed by atoms with Gasteiger partial charge in [0.05, 0.1) is 6.54 Å². The number of hydrogen-bond acceptors (Lipinski definition) is 3. The molecule has 0 spiro atoms. The van der Waals surface area contributed by atoms with E-state index in [0.717, 1.165) is 0 Å². The van der Waals surface area contributed by atoms with Crippen molar-refractivity contribution in [3.05, 3.63) is 35.6 Å². The molecule has 0 saturated heterocycles. The second-order valence-electron chi connectivity index (χ2n) is 3.67. The molecule has 0 fully saturated rings.